The minimum atomic E-state index is -0.229. The number of amides is 2. The zero-order chi connectivity index (χ0) is 19.5. The van der Waals surface area contributed by atoms with Crippen LogP contribution in [-0.4, -0.2) is 23.0 Å². The van der Waals surface area contributed by atoms with Gasteiger partial charge in [-0.2, -0.15) is 10.1 Å². The first-order valence-corrected chi connectivity index (χ1v) is 10.2. The topological polar surface area (TPSA) is 49.7 Å². The Hall–Kier alpha value is -3.27. The molecule has 4 nitrogen and oxygen atoms in total. The van der Waals surface area contributed by atoms with E-state index >= 15 is 0 Å². The summed E-state index contributed by atoms with van der Waals surface area (Å²) in [6, 6.07) is 18.4. The molecule has 0 unspecified atom stereocenters. The van der Waals surface area contributed by atoms with Gasteiger partial charge in [0.25, 0.3) is 11.8 Å². The van der Waals surface area contributed by atoms with E-state index in [9.17, 15) is 9.59 Å². The van der Waals surface area contributed by atoms with Gasteiger partial charge in [-0.1, -0.05) is 60.7 Å². The molecule has 0 radical (unpaired) electrons. The predicted octanol–water partition coefficient (Wildman–Crippen LogP) is 4.52. The van der Waals surface area contributed by atoms with E-state index in [0.29, 0.717) is 0 Å². The molecule has 2 bridgehead atoms. The van der Waals surface area contributed by atoms with E-state index in [2.05, 4.69) is 47.6 Å². The molecule has 0 N–H and O–H groups in total. The van der Waals surface area contributed by atoms with E-state index in [0.717, 1.165) is 45.0 Å². The van der Waals surface area contributed by atoms with Crippen molar-refractivity contribution in [1.29, 1.82) is 0 Å². The summed E-state index contributed by atoms with van der Waals surface area (Å²) in [6.45, 7) is 0. The highest BCUT2D eigenvalue weighted by Crippen LogP contribution is 2.49. The predicted molar refractivity (Wildman–Crippen MR) is 113 cm³/mol. The van der Waals surface area contributed by atoms with Gasteiger partial charge >= 0.3 is 0 Å². The van der Waals surface area contributed by atoms with Crippen molar-refractivity contribution in [2.75, 3.05) is 0 Å². The molecule has 142 valence electrons. The molecule has 0 spiro atoms. The smallest absolute Gasteiger partial charge is 0.254 e. The Balaban J connectivity index is 1.45. The number of rotatable bonds is 2. The third-order valence-corrected chi connectivity index (χ3v) is 6.85. The van der Waals surface area contributed by atoms with E-state index in [1.807, 2.05) is 24.3 Å². The maximum atomic E-state index is 13.0. The monoisotopic (exact) mass is 380 g/mol. The first-order chi connectivity index (χ1) is 14.2. The SMILES string of the molecule is O=C1[C@@H]2[C@@H](C(=O)N1/N=C\c1c3ccccc3cc3ccccc13)[C@H]1C=C[C@H]2CC1. The summed E-state index contributed by atoms with van der Waals surface area (Å²) in [5.41, 5.74) is 0.940. The molecule has 4 heteroatoms. The zero-order valence-electron chi connectivity index (χ0n) is 15.9. The van der Waals surface area contributed by atoms with Crippen LogP contribution >= 0.6 is 0 Å². The van der Waals surface area contributed by atoms with Crippen LogP contribution < -0.4 is 0 Å². The van der Waals surface area contributed by atoms with Gasteiger partial charge < -0.3 is 0 Å². The Labute approximate surface area is 168 Å². The van der Waals surface area contributed by atoms with Crippen LogP contribution in [0, 0.1) is 23.7 Å². The fraction of sp³-hybridized carbons (Fsp3) is 0.240. The molecule has 7 rings (SSSR count). The summed E-state index contributed by atoms with van der Waals surface area (Å²) in [5, 5.41) is 9.95. The highest BCUT2D eigenvalue weighted by molar-refractivity contribution is 6.14. The van der Waals surface area contributed by atoms with Crippen LogP contribution in [0.5, 0.6) is 0 Å². The van der Waals surface area contributed by atoms with Gasteiger partial charge in [-0.05, 0) is 52.3 Å². The highest BCUT2D eigenvalue weighted by atomic mass is 16.2. The summed E-state index contributed by atoms with van der Waals surface area (Å²) in [7, 11) is 0. The first-order valence-electron chi connectivity index (χ1n) is 10.2. The number of imide groups is 1. The van der Waals surface area contributed by atoms with Crippen molar-refractivity contribution in [3.05, 3.63) is 72.3 Å². The molecule has 4 atom stereocenters. The number of fused-ring (bicyclic) bond motifs is 3. The van der Waals surface area contributed by atoms with Crippen molar-refractivity contribution in [2.24, 2.45) is 28.8 Å². The lowest BCUT2D eigenvalue weighted by Crippen LogP contribution is -2.38. The second kappa shape index (κ2) is 6.11. The molecule has 0 aromatic heterocycles. The van der Waals surface area contributed by atoms with Gasteiger partial charge in [0.15, 0.2) is 0 Å². The summed E-state index contributed by atoms with van der Waals surface area (Å²) in [6.07, 6.45) is 7.95. The van der Waals surface area contributed by atoms with Gasteiger partial charge in [0.05, 0.1) is 18.1 Å². The summed E-state index contributed by atoms with van der Waals surface area (Å²) >= 11 is 0. The van der Waals surface area contributed by atoms with Gasteiger partial charge in [0.1, 0.15) is 0 Å². The molecule has 29 heavy (non-hydrogen) atoms. The molecule has 2 fully saturated rings. The highest BCUT2D eigenvalue weighted by Gasteiger charge is 2.56. The first kappa shape index (κ1) is 16.7. The second-order valence-corrected chi connectivity index (χ2v) is 8.31. The van der Waals surface area contributed by atoms with Crippen LogP contribution in [-0.2, 0) is 9.59 Å². The van der Waals surface area contributed by atoms with E-state index in [1.54, 1.807) is 6.21 Å². The molecule has 1 saturated carbocycles. The Kier molecular flexibility index (Phi) is 3.51. The maximum absolute atomic E-state index is 13.0. The van der Waals surface area contributed by atoms with Crippen molar-refractivity contribution in [1.82, 2.24) is 5.01 Å². The molecule has 4 aliphatic rings. The number of nitrogens with zero attached hydrogens (tertiary/aromatic N) is 2. The number of hydrogen-bond donors (Lipinski definition) is 0. The van der Waals surface area contributed by atoms with Crippen molar-refractivity contribution in [3.8, 4) is 0 Å². The minimum Gasteiger partial charge on any atom is -0.272 e. The molecule has 1 saturated heterocycles. The molecule has 1 heterocycles. The normalized spacial score (nSPS) is 28.2. The van der Waals surface area contributed by atoms with Crippen LogP contribution in [0.15, 0.2) is 71.9 Å². The molecule has 3 aromatic rings. The Morgan fingerprint density at radius 3 is 1.83 bits per heavy atom. The van der Waals surface area contributed by atoms with E-state index in [-0.39, 0.29) is 35.5 Å². The van der Waals surface area contributed by atoms with Crippen molar-refractivity contribution < 1.29 is 9.59 Å². The lowest BCUT2D eigenvalue weighted by Gasteiger charge is -2.37. The van der Waals surface area contributed by atoms with Gasteiger partial charge in [0.2, 0.25) is 0 Å². The summed E-state index contributed by atoms with van der Waals surface area (Å²) in [4.78, 5) is 26.1. The van der Waals surface area contributed by atoms with Crippen LogP contribution in [0.25, 0.3) is 21.5 Å². The fourth-order valence-corrected chi connectivity index (χ4v) is 5.48. The van der Waals surface area contributed by atoms with Crippen LogP contribution in [0.3, 0.4) is 0 Å². The molecular weight excluding hydrogens is 360 g/mol. The molecular formula is C25H20N2O2. The van der Waals surface area contributed by atoms with Gasteiger partial charge in [-0.3, -0.25) is 9.59 Å². The minimum absolute atomic E-state index is 0.139. The molecule has 2 amide bonds. The van der Waals surface area contributed by atoms with Crippen LogP contribution in [0.4, 0.5) is 0 Å². The fourth-order valence-electron chi connectivity index (χ4n) is 5.48. The standard InChI is InChI=1S/C25H20N2O2/c28-24-22-15-9-10-16(12-11-15)23(22)25(29)27(24)26-14-21-19-7-3-1-5-17(19)13-18-6-2-4-8-20(18)21/h1-10,13-16,22-23H,11-12H2/b26-14-/t15-,16-,22-,23-/m0/s1. The Morgan fingerprint density at radius 1 is 0.793 bits per heavy atom. The number of hydrazone groups is 1. The number of allylic oxidation sites excluding steroid dienone is 2. The number of carbonyl (C=O) groups is 2. The maximum Gasteiger partial charge on any atom is 0.254 e. The third-order valence-electron chi connectivity index (χ3n) is 6.85. The lowest BCUT2D eigenvalue weighted by molar-refractivity contribution is -0.140. The second-order valence-electron chi connectivity index (χ2n) is 8.31. The largest absolute Gasteiger partial charge is 0.272 e. The third kappa shape index (κ3) is 2.35. The van der Waals surface area contributed by atoms with Gasteiger partial charge in [-0.15, -0.1) is 0 Å². The van der Waals surface area contributed by atoms with E-state index in [4.69, 9.17) is 0 Å². The molecule has 3 aliphatic carbocycles. The van der Waals surface area contributed by atoms with Crippen molar-refractivity contribution >= 4 is 39.6 Å². The van der Waals surface area contributed by atoms with E-state index in [1.165, 1.54) is 0 Å². The summed E-state index contributed by atoms with van der Waals surface area (Å²) in [5.74, 6) is -0.375. The van der Waals surface area contributed by atoms with Crippen molar-refractivity contribution in [2.45, 2.75) is 12.8 Å². The quantitative estimate of drug-likeness (QED) is 0.284. The Morgan fingerprint density at radius 2 is 1.31 bits per heavy atom. The molecule has 3 aromatic carbocycles. The number of carbonyl (C=O) groups excluding carboxylic acids is 2. The lowest BCUT2D eigenvalue weighted by atomic mass is 9.63. The average molecular weight is 380 g/mol. The molecule has 1 aliphatic heterocycles. The van der Waals surface area contributed by atoms with Crippen molar-refractivity contribution in [3.63, 3.8) is 0 Å². The zero-order valence-corrected chi connectivity index (χ0v) is 15.9. The van der Waals surface area contributed by atoms with Gasteiger partial charge in [-0.25, -0.2) is 0 Å². The average Bonchev–Trinajstić information content (AvgIpc) is 3.04. The van der Waals surface area contributed by atoms with Gasteiger partial charge in [0, 0.05) is 5.56 Å². The van der Waals surface area contributed by atoms with Crippen LogP contribution in [0.1, 0.15) is 18.4 Å². The number of benzene rings is 3. The number of hydrogen-bond acceptors (Lipinski definition) is 3. The Bertz CT molecular complexity index is 1160. The summed E-state index contributed by atoms with van der Waals surface area (Å²) < 4.78 is 0. The van der Waals surface area contributed by atoms with Crippen LogP contribution in [0.2, 0.25) is 0 Å². The van der Waals surface area contributed by atoms with E-state index < -0.39 is 0 Å².